The van der Waals surface area contributed by atoms with Crippen molar-refractivity contribution in [2.24, 2.45) is 0 Å². The van der Waals surface area contributed by atoms with Gasteiger partial charge in [-0.2, -0.15) is 0 Å². The fraction of sp³-hybridized carbons (Fsp3) is 0.0714. The number of hydrogen-bond acceptors (Lipinski definition) is 3. The van der Waals surface area contributed by atoms with Gasteiger partial charge in [0, 0.05) is 52.4 Å². The first-order valence-corrected chi connectivity index (χ1v) is 15.2. The molecule has 3 heterocycles. The van der Waals surface area contributed by atoms with E-state index in [0.29, 0.717) is 0 Å². The fourth-order valence-corrected chi connectivity index (χ4v) is 5.68. The zero-order chi connectivity index (χ0) is 30.8. The lowest BCUT2D eigenvalue weighted by Crippen LogP contribution is -1.89. The molecule has 0 spiro atoms. The molecule has 0 bridgehead atoms. The number of pyridine rings is 3. The predicted octanol–water partition coefficient (Wildman–Crippen LogP) is 10.8. The maximum absolute atomic E-state index is 4.53. The molecule has 3 heteroatoms. The smallest absolute Gasteiger partial charge is 0.0373 e. The molecule has 0 aliphatic heterocycles. The highest BCUT2D eigenvalue weighted by Crippen LogP contribution is 2.36. The van der Waals surface area contributed by atoms with E-state index in [1.54, 1.807) is 0 Å². The van der Waals surface area contributed by atoms with Gasteiger partial charge in [0.1, 0.15) is 0 Å². The molecule has 0 fully saturated rings. The van der Waals surface area contributed by atoms with Crippen LogP contribution in [0.25, 0.3) is 66.8 Å². The minimum absolute atomic E-state index is 1.01. The molecule has 0 atom stereocenters. The van der Waals surface area contributed by atoms with Crippen LogP contribution < -0.4 is 0 Å². The van der Waals surface area contributed by atoms with E-state index >= 15 is 0 Å². The molecule has 7 aromatic rings. The molecule has 0 radical (unpaired) electrons. The van der Waals surface area contributed by atoms with Crippen LogP contribution in [0, 0.1) is 20.8 Å². The summed E-state index contributed by atoms with van der Waals surface area (Å²) < 4.78 is 0. The second-order valence-corrected chi connectivity index (χ2v) is 11.6. The van der Waals surface area contributed by atoms with Crippen molar-refractivity contribution in [1.82, 2.24) is 15.0 Å². The molecular weight excluding hydrogens is 546 g/mol. The van der Waals surface area contributed by atoms with Gasteiger partial charge in [-0.25, -0.2) is 0 Å². The second kappa shape index (κ2) is 12.1. The summed E-state index contributed by atoms with van der Waals surface area (Å²) in [7, 11) is 0. The van der Waals surface area contributed by atoms with Crippen molar-refractivity contribution in [3.05, 3.63) is 163 Å². The molecular formula is C42H33N3. The summed E-state index contributed by atoms with van der Waals surface area (Å²) in [6.07, 6.45) is 5.85. The van der Waals surface area contributed by atoms with Crippen LogP contribution in [0.2, 0.25) is 0 Å². The van der Waals surface area contributed by atoms with Gasteiger partial charge in [0.25, 0.3) is 0 Å². The highest BCUT2D eigenvalue weighted by atomic mass is 14.7. The van der Waals surface area contributed by atoms with Gasteiger partial charge in [0.15, 0.2) is 0 Å². The van der Waals surface area contributed by atoms with Gasteiger partial charge in [0.05, 0.1) is 0 Å². The number of benzene rings is 4. The number of aryl methyl sites for hydroxylation is 3. The molecule has 0 amide bonds. The molecule has 0 aliphatic rings. The highest BCUT2D eigenvalue weighted by Gasteiger charge is 2.11. The van der Waals surface area contributed by atoms with Gasteiger partial charge in [-0.15, -0.1) is 0 Å². The summed E-state index contributed by atoms with van der Waals surface area (Å²) in [4.78, 5) is 13.6. The SMILES string of the molecule is Cc1ccc(-c2cccc(-c3cc(-c4cccc(-c5ccc(C)nc5)c4)cc(-c4cccc(-c5ccc(C)nc5)c4)c3)c2)cn1. The Bertz CT molecular complexity index is 1850. The maximum Gasteiger partial charge on any atom is 0.0373 e. The number of rotatable bonds is 6. The van der Waals surface area contributed by atoms with Crippen LogP contribution in [0.5, 0.6) is 0 Å². The third-order valence-corrected chi connectivity index (χ3v) is 8.25. The highest BCUT2D eigenvalue weighted by molar-refractivity contribution is 5.85. The Labute approximate surface area is 265 Å². The number of aromatic nitrogens is 3. The summed E-state index contributed by atoms with van der Waals surface area (Å²) in [6, 6.07) is 45.7. The van der Waals surface area contributed by atoms with Gasteiger partial charge in [-0.1, -0.05) is 72.8 Å². The van der Waals surface area contributed by atoms with Crippen molar-refractivity contribution in [2.75, 3.05) is 0 Å². The standard InChI is InChI=1S/C42H33N3/c1-28-13-16-37(25-43-28)31-7-4-10-34(19-31)40-22-41(35-11-5-8-32(20-35)38-17-14-29(2)44-26-38)24-42(23-40)36-12-6-9-33(21-36)39-18-15-30(3)45-27-39/h4-27H,1-3H3. The normalized spacial score (nSPS) is 11.0. The van der Waals surface area contributed by atoms with Crippen LogP contribution in [-0.4, -0.2) is 15.0 Å². The summed E-state index contributed by atoms with van der Waals surface area (Å²) >= 11 is 0. The molecule has 0 N–H and O–H groups in total. The Hall–Kier alpha value is -5.67. The molecule has 45 heavy (non-hydrogen) atoms. The van der Waals surface area contributed by atoms with Gasteiger partial charge < -0.3 is 0 Å². The molecule has 0 aliphatic carbocycles. The largest absolute Gasteiger partial charge is 0.261 e. The molecule has 0 unspecified atom stereocenters. The minimum atomic E-state index is 1.01. The summed E-state index contributed by atoms with van der Waals surface area (Å²) in [5.41, 5.74) is 16.8. The summed E-state index contributed by atoms with van der Waals surface area (Å²) in [5, 5.41) is 0. The average molecular weight is 580 g/mol. The average Bonchev–Trinajstić information content (AvgIpc) is 3.09. The van der Waals surface area contributed by atoms with Crippen LogP contribution >= 0.6 is 0 Å². The third kappa shape index (κ3) is 6.20. The van der Waals surface area contributed by atoms with Gasteiger partial charge in [0.2, 0.25) is 0 Å². The lowest BCUT2D eigenvalue weighted by Gasteiger charge is -2.14. The van der Waals surface area contributed by atoms with Crippen molar-refractivity contribution in [2.45, 2.75) is 20.8 Å². The van der Waals surface area contributed by atoms with E-state index in [2.05, 4.69) is 142 Å². The predicted molar refractivity (Wildman–Crippen MR) is 187 cm³/mol. The van der Waals surface area contributed by atoms with Crippen molar-refractivity contribution < 1.29 is 0 Å². The lowest BCUT2D eigenvalue weighted by atomic mass is 9.90. The first-order chi connectivity index (χ1) is 22.0. The van der Waals surface area contributed by atoms with Crippen LogP contribution in [0.4, 0.5) is 0 Å². The molecule has 3 nitrogen and oxygen atoms in total. The van der Waals surface area contributed by atoms with E-state index in [1.165, 1.54) is 0 Å². The Morgan fingerprint density at radius 2 is 0.511 bits per heavy atom. The number of nitrogens with zero attached hydrogens (tertiary/aromatic N) is 3. The van der Waals surface area contributed by atoms with Crippen LogP contribution in [0.3, 0.4) is 0 Å². The Morgan fingerprint density at radius 3 is 0.756 bits per heavy atom. The Balaban J connectivity index is 1.37. The van der Waals surface area contributed by atoms with E-state index in [0.717, 1.165) is 83.8 Å². The van der Waals surface area contributed by atoms with E-state index in [9.17, 15) is 0 Å². The van der Waals surface area contributed by atoms with Crippen molar-refractivity contribution in [1.29, 1.82) is 0 Å². The van der Waals surface area contributed by atoms with Gasteiger partial charge >= 0.3 is 0 Å². The first kappa shape index (κ1) is 28.1. The number of hydrogen-bond donors (Lipinski definition) is 0. The van der Waals surface area contributed by atoms with Crippen LogP contribution in [0.15, 0.2) is 146 Å². The van der Waals surface area contributed by atoms with Crippen molar-refractivity contribution in [3.63, 3.8) is 0 Å². The van der Waals surface area contributed by atoms with E-state index in [-0.39, 0.29) is 0 Å². The molecule has 0 saturated heterocycles. The quantitative estimate of drug-likeness (QED) is 0.197. The molecule has 216 valence electrons. The van der Waals surface area contributed by atoms with Gasteiger partial charge in [-0.3, -0.25) is 15.0 Å². The lowest BCUT2D eigenvalue weighted by molar-refractivity contribution is 1.20. The molecule has 4 aromatic carbocycles. The summed E-state index contributed by atoms with van der Waals surface area (Å²) in [6.45, 7) is 6.05. The molecule has 0 saturated carbocycles. The van der Waals surface area contributed by atoms with E-state index < -0.39 is 0 Å². The first-order valence-electron chi connectivity index (χ1n) is 15.2. The zero-order valence-electron chi connectivity index (χ0n) is 25.7. The monoisotopic (exact) mass is 579 g/mol. The Morgan fingerprint density at radius 1 is 0.267 bits per heavy atom. The van der Waals surface area contributed by atoms with E-state index in [4.69, 9.17) is 0 Å². The Kier molecular flexibility index (Phi) is 7.59. The molecule has 3 aromatic heterocycles. The van der Waals surface area contributed by atoms with Crippen molar-refractivity contribution >= 4 is 0 Å². The second-order valence-electron chi connectivity index (χ2n) is 11.6. The third-order valence-electron chi connectivity index (χ3n) is 8.25. The van der Waals surface area contributed by atoms with Crippen LogP contribution in [-0.2, 0) is 0 Å². The molecule has 7 rings (SSSR count). The summed E-state index contributed by atoms with van der Waals surface area (Å²) in [5.74, 6) is 0. The van der Waals surface area contributed by atoms with Crippen molar-refractivity contribution in [3.8, 4) is 66.8 Å². The maximum atomic E-state index is 4.53. The topological polar surface area (TPSA) is 38.7 Å². The fourth-order valence-electron chi connectivity index (χ4n) is 5.68. The van der Waals surface area contributed by atoms with Gasteiger partial charge in [-0.05, 0) is 125 Å². The zero-order valence-corrected chi connectivity index (χ0v) is 25.7. The van der Waals surface area contributed by atoms with E-state index in [1.807, 2.05) is 39.4 Å². The minimum Gasteiger partial charge on any atom is -0.261 e. The van der Waals surface area contributed by atoms with Crippen LogP contribution in [0.1, 0.15) is 17.1 Å².